The number of rotatable bonds is 43. The van der Waals surface area contributed by atoms with Gasteiger partial charge in [-0.3, -0.25) is 18.6 Å². The number of carbonyl (C=O) groups excluding carboxylic acids is 2. The summed E-state index contributed by atoms with van der Waals surface area (Å²) in [6.45, 7) is 4.28. The zero-order valence-electron chi connectivity index (χ0n) is 39.2. The van der Waals surface area contributed by atoms with Gasteiger partial charge in [-0.1, -0.05) is 164 Å². The molecule has 10 heteroatoms. The van der Waals surface area contributed by atoms with E-state index in [0.717, 1.165) is 70.6 Å². The van der Waals surface area contributed by atoms with E-state index in [1.165, 1.54) is 89.9 Å². The van der Waals surface area contributed by atoms with Crippen molar-refractivity contribution in [1.82, 2.24) is 0 Å². The molecule has 0 fully saturated rings. The molecular weight excluding hydrogens is 774 g/mol. The molecule has 0 bridgehead atoms. The Hall–Kier alpha value is -2.29. The maximum Gasteiger partial charge on any atom is 0.472 e. The minimum atomic E-state index is -4.39. The minimum Gasteiger partial charge on any atom is -0.462 e. The number of carbonyl (C=O) groups is 2. The summed E-state index contributed by atoms with van der Waals surface area (Å²) in [6, 6.07) is 0. The third kappa shape index (κ3) is 45.2. The lowest BCUT2D eigenvalue weighted by atomic mass is 10.1. The van der Waals surface area contributed by atoms with Gasteiger partial charge in [0.25, 0.3) is 0 Å². The molecular formula is C50H91NO8P+. The van der Waals surface area contributed by atoms with E-state index in [4.69, 9.17) is 18.5 Å². The molecule has 0 saturated heterocycles. The Balaban J connectivity index is 4.34. The molecule has 0 spiro atoms. The van der Waals surface area contributed by atoms with Crippen LogP contribution < -0.4 is 0 Å². The first-order valence-corrected chi connectivity index (χ1v) is 25.5. The topological polar surface area (TPSA) is 108 Å². The van der Waals surface area contributed by atoms with E-state index in [1.807, 2.05) is 21.1 Å². The highest BCUT2D eigenvalue weighted by Gasteiger charge is 2.27. The number of likely N-dealkylation sites (N-methyl/N-ethyl adjacent to an activating group) is 1. The highest BCUT2D eigenvalue weighted by molar-refractivity contribution is 7.47. The molecule has 60 heavy (non-hydrogen) atoms. The average molecular weight is 865 g/mol. The number of hydrogen-bond donors (Lipinski definition) is 1. The normalized spacial score (nSPS) is 14.0. The Morgan fingerprint density at radius 3 is 1.43 bits per heavy atom. The van der Waals surface area contributed by atoms with Gasteiger partial charge in [0.2, 0.25) is 0 Å². The van der Waals surface area contributed by atoms with Crippen LogP contribution in [-0.2, 0) is 32.7 Å². The first kappa shape index (κ1) is 57.7. The third-order valence-corrected chi connectivity index (χ3v) is 11.0. The van der Waals surface area contributed by atoms with Crippen LogP contribution in [0.5, 0.6) is 0 Å². The maximum absolute atomic E-state index is 12.7. The fourth-order valence-corrected chi connectivity index (χ4v) is 7.04. The molecule has 0 heterocycles. The highest BCUT2D eigenvalue weighted by Crippen LogP contribution is 2.43. The zero-order chi connectivity index (χ0) is 44.3. The molecule has 0 saturated carbocycles. The van der Waals surface area contributed by atoms with Crippen molar-refractivity contribution < 1.29 is 42.1 Å². The van der Waals surface area contributed by atoms with Crippen molar-refractivity contribution in [2.75, 3.05) is 47.5 Å². The van der Waals surface area contributed by atoms with Gasteiger partial charge < -0.3 is 18.9 Å². The number of ether oxygens (including phenoxy) is 2. The second kappa shape index (κ2) is 42.0. The predicted molar refractivity (Wildman–Crippen MR) is 252 cm³/mol. The lowest BCUT2D eigenvalue weighted by Gasteiger charge is -2.24. The highest BCUT2D eigenvalue weighted by atomic mass is 31.2. The summed E-state index contributed by atoms with van der Waals surface area (Å²) in [7, 11) is 1.45. The van der Waals surface area contributed by atoms with Crippen LogP contribution in [0.4, 0.5) is 0 Å². The second-order valence-electron chi connectivity index (χ2n) is 17.1. The van der Waals surface area contributed by atoms with E-state index >= 15 is 0 Å². The van der Waals surface area contributed by atoms with E-state index in [0.29, 0.717) is 17.4 Å². The van der Waals surface area contributed by atoms with Crippen LogP contribution in [0.2, 0.25) is 0 Å². The molecule has 0 aliphatic heterocycles. The van der Waals surface area contributed by atoms with Crippen molar-refractivity contribution in [3.05, 3.63) is 60.8 Å². The lowest BCUT2D eigenvalue weighted by Crippen LogP contribution is -2.37. The van der Waals surface area contributed by atoms with E-state index in [1.54, 1.807) is 0 Å². The first-order chi connectivity index (χ1) is 29.0. The van der Waals surface area contributed by atoms with Crippen molar-refractivity contribution in [3.8, 4) is 0 Å². The number of hydrogen-bond acceptors (Lipinski definition) is 7. The van der Waals surface area contributed by atoms with Crippen molar-refractivity contribution >= 4 is 19.8 Å². The lowest BCUT2D eigenvalue weighted by molar-refractivity contribution is -0.870. The molecule has 1 N–H and O–H groups in total. The van der Waals surface area contributed by atoms with E-state index in [9.17, 15) is 19.0 Å². The third-order valence-electron chi connectivity index (χ3n) is 10.0. The molecule has 348 valence electrons. The molecule has 0 aromatic carbocycles. The summed E-state index contributed by atoms with van der Waals surface area (Å²) >= 11 is 0. The van der Waals surface area contributed by atoms with Crippen molar-refractivity contribution in [2.45, 2.75) is 200 Å². The Morgan fingerprint density at radius 1 is 0.533 bits per heavy atom. The first-order valence-electron chi connectivity index (χ1n) is 24.0. The van der Waals surface area contributed by atoms with Crippen LogP contribution in [0.25, 0.3) is 0 Å². The standard InChI is InChI=1S/C50H90NO8P/c1-6-8-10-12-14-16-18-20-22-24-25-27-28-30-32-34-36-38-40-42-49(52)56-46-48(47-58-60(54,55)57-45-44-51(3,4)5)59-50(53)43-41-39-37-35-33-31-29-26-23-21-19-17-15-13-11-9-7-2/h9,11,15,17,20-23,29,31,48H,6-8,10,12-14,16,18-19,24-28,30,32-47H2,1-5H3/p+1/b11-9-,17-15-,22-20-,23-21-,31-29-. The van der Waals surface area contributed by atoms with Crippen molar-refractivity contribution in [1.29, 1.82) is 0 Å². The molecule has 0 amide bonds. The Kier molecular flexibility index (Phi) is 40.4. The van der Waals surface area contributed by atoms with Gasteiger partial charge in [0.15, 0.2) is 6.10 Å². The fraction of sp³-hybridized carbons (Fsp3) is 0.760. The van der Waals surface area contributed by atoms with Crippen LogP contribution in [0.3, 0.4) is 0 Å². The summed E-state index contributed by atoms with van der Waals surface area (Å²) in [5, 5.41) is 0. The van der Waals surface area contributed by atoms with Gasteiger partial charge in [0.1, 0.15) is 19.8 Å². The number of quaternary nitrogens is 1. The Bertz CT molecular complexity index is 1210. The molecule has 2 unspecified atom stereocenters. The predicted octanol–water partition coefficient (Wildman–Crippen LogP) is 14.0. The smallest absolute Gasteiger partial charge is 0.462 e. The van der Waals surface area contributed by atoms with E-state index in [-0.39, 0.29) is 32.0 Å². The van der Waals surface area contributed by atoms with Gasteiger partial charge in [0, 0.05) is 12.8 Å². The van der Waals surface area contributed by atoms with Crippen LogP contribution >= 0.6 is 7.82 Å². The monoisotopic (exact) mass is 865 g/mol. The summed E-state index contributed by atoms with van der Waals surface area (Å²) in [5.74, 6) is -0.829. The Morgan fingerprint density at radius 2 is 0.950 bits per heavy atom. The quantitative estimate of drug-likeness (QED) is 0.0212. The summed E-state index contributed by atoms with van der Waals surface area (Å²) in [4.78, 5) is 35.5. The number of phosphoric ester groups is 1. The average Bonchev–Trinajstić information content (AvgIpc) is 3.20. The van der Waals surface area contributed by atoms with Crippen LogP contribution in [0.1, 0.15) is 194 Å². The maximum atomic E-state index is 12.7. The number of nitrogens with zero attached hydrogens (tertiary/aromatic N) is 1. The molecule has 0 aromatic heterocycles. The largest absolute Gasteiger partial charge is 0.472 e. The molecule has 2 atom stereocenters. The molecule has 9 nitrogen and oxygen atoms in total. The fourth-order valence-electron chi connectivity index (χ4n) is 6.29. The number of esters is 2. The number of allylic oxidation sites excluding steroid dienone is 10. The molecule has 0 rings (SSSR count). The van der Waals surface area contributed by atoms with Gasteiger partial charge >= 0.3 is 19.8 Å². The van der Waals surface area contributed by atoms with Gasteiger partial charge in [-0.2, -0.15) is 0 Å². The van der Waals surface area contributed by atoms with Crippen LogP contribution in [0, 0.1) is 0 Å². The van der Waals surface area contributed by atoms with Crippen molar-refractivity contribution in [3.63, 3.8) is 0 Å². The van der Waals surface area contributed by atoms with E-state index < -0.39 is 26.5 Å². The van der Waals surface area contributed by atoms with Gasteiger partial charge in [-0.05, 0) is 77.0 Å². The number of phosphoric acid groups is 1. The van der Waals surface area contributed by atoms with Crippen molar-refractivity contribution in [2.24, 2.45) is 0 Å². The van der Waals surface area contributed by atoms with Gasteiger partial charge in [-0.15, -0.1) is 0 Å². The van der Waals surface area contributed by atoms with Gasteiger partial charge in [0.05, 0.1) is 27.7 Å². The SMILES string of the molecule is CC/C=C\C/C=C\C/C=C\C/C=C\CCCCCCC(=O)OC(COC(=O)CCCCCCCCCCC/C=C\CCCCCCCC)COP(=O)(O)OCC[N+](C)(C)C. The van der Waals surface area contributed by atoms with Crippen LogP contribution in [0.15, 0.2) is 60.8 Å². The minimum absolute atomic E-state index is 0.0241. The number of unbranched alkanes of at least 4 members (excludes halogenated alkanes) is 19. The molecule has 0 aliphatic rings. The summed E-state index contributed by atoms with van der Waals surface area (Å²) in [5.41, 5.74) is 0. The molecule has 0 aliphatic carbocycles. The summed E-state index contributed by atoms with van der Waals surface area (Å²) in [6.07, 6.45) is 51.2. The van der Waals surface area contributed by atoms with Crippen LogP contribution in [-0.4, -0.2) is 74.9 Å². The summed E-state index contributed by atoms with van der Waals surface area (Å²) < 4.78 is 34.4. The molecule has 0 aromatic rings. The Labute approximate surface area is 368 Å². The second-order valence-corrected chi connectivity index (χ2v) is 18.6. The van der Waals surface area contributed by atoms with E-state index in [2.05, 4.69) is 74.6 Å². The molecule has 0 radical (unpaired) electrons. The zero-order valence-corrected chi connectivity index (χ0v) is 40.1. The van der Waals surface area contributed by atoms with Gasteiger partial charge in [-0.25, -0.2) is 4.57 Å².